The van der Waals surface area contributed by atoms with E-state index in [1.165, 1.54) is 37.0 Å². The molecule has 0 saturated carbocycles. The van der Waals surface area contributed by atoms with E-state index in [1.807, 2.05) is 6.20 Å². The zero-order valence-electron chi connectivity index (χ0n) is 14.5. The molecule has 2 nitrogen and oxygen atoms in total. The SMILES string of the molecule is Cc1ccc2c(c1-c1cccc[n+]1C)[Se]c1ncccc1C2(C)C. The van der Waals surface area contributed by atoms with Gasteiger partial charge in [-0.2, -0.15) is 0 Å². The summed E-state index contributed by atoms with van der Waals surface area (Å²) in [5.41, 5.74) is 6.84. The normalized spacial score (nSPS) is 14.8. The molecule has 3 heteroatoms. The average Bonchev–Trinajstić information content (AvgIpc) is 2.56. The van der Waals surface area contributed by atoms with Gasteiger partial charge in [0.2, 0.25) is 0 Å². The molecular weight excluding hydrogens is 359 g/mol. The van der Waals surface area contributed by atoms with E-state index in [1.54, 1.807) is 0 Å². The second kappa shape index (κ2) is 5.54. The molecule has 0 aliphatic carbocycles. The molecule has 0 saturated heterocycles. The van der Waals surface area contributed by atoms with Crippen molar-refractivity contribution in [3.8, 4) is 11.3 Å². The van der Waals surface area contributed by atoms with Crippen LogP contribution in [0.2, 0.25) is 0 Å². The number of hydrogen-bond acceptors (Lipinski definition) is 1. The van der Waals surface area contributed by atoms with Crippen molar-refractivity contribution in [2.75, 3.05) is 0 Å². The monoisotopic (exact) mass is 381 g/mol. The van der Waals surface area contributed by atoms with E-state index in [0.29, 0.717) is 0 Å². The quantitative estimate of drug-likeness (QED) is 0.467. The van der Waals surface area contributed by atoms with Crippen molar-refractivity contribution in [1.82, 2.24) is 4.98 Å². The molecule has 120 valence electrons. The Kier molecular flexibility index (Phi) is 3.59. The van der Waals surface area contributed by atoms with Crippen molar-refractivity contribution >= 4 is 24.0 Å². The van der Waals surface area contributed by atoms with Gasteiger partial charge in [0.1, 0.15) is 0 Å². The van der Waals surface area contributed by atoms with E-state index in [4.69, 9.17) is 4.98 Å². The van der Waals surface area contributed by atoms with Crippen LogP contribution >= 0.6 is 0 Å². The Morgan fingerprint density at radius 2 is 1.83 bits per heavy atom. The number of nitrogens with zero attached hydrogens (tertiary/aromatic N) is 2. The van der Waals surface area contributed by atoms with Crippen molar-refractivity contribution in [3.63, 3.8) is 0 Å². The molecule has 1 aliphatic heterocycles. The number of aryl methyl sites for hydroxylation is 2. The summed E-state index contributed by atoms with van der Waals surface area (Å²) in [5, 5.41) is 0. The summed E-state index contributed by atoms with van der Waals surface area (Å²) in [5.74, 6) is 0. The van der Waals surface area contributed by atoms with Crippen molar-refractivity contribution in [2.45, 2.75) is 26.2 Å². The van der Waals surface area contributed by atoms with Gasteiger partial charge in [-0.1, -0.05) is 0 Å². The number of hydrogen-bond donors (Lipinski definition) is 0. The first-order chi connectivity index (χ1) is 11.5. The Hall–Kier alpha value is -1.96. The van der Waals surface area contributed by atoms with Gasteiger partial charge in [0.25, 0.3) is 0 Å². The Morgan fingerprint density at radius 3 is 2.62 bits per heavy atom. The van der Waals surface area contributed by atoms with Crippen LogP contribution < -0.4 is 13.6 Å². The van der Waals surface area contributed by atoms with E-state index in [9.17, 15) is 0 Å². The number of pyridine rings is 2. The number of fused-ring (bicyclic) bond motifs is 2. The molecule has 0 unspecified atom stereocenters. The molecule has 0 bridgehead atoms. The van der Waals surface area contributed by atoms with Gasteiger partial charge in [-0.15, -0.1) is 0 Å². The third kappa shape index (κ3) is 2.23. The summed E-state index contributed by atoms with van der Waals surface area (Å²) in [7, 11) is 2.13. The average molecular weight is 380 g/mol. The minimum atomic E-state index is -0.00523. The standard InChI is InChI=1S/C21H21N2Se/c1-14-10-11-15-19(18(14)17-9-5-6-13-23(17)4)24-20-16(21(15,2)3)8-7-12-22-20/h5-13H,1-4H3/q+1. The zero-order valence-corrected chi connectivity index (χ0v) is 16.2. The number of aromatic nitrogens is 2. The van der Waals surface area contributed by atoms with Crippen LogP contribution in [-0.2, 0) is 12.5 Å². The molecule has 0 radical (unpaired) electrons. The molecule has 1 aromatic carbocycles. The predicted molar refractivity (Wildman–Crippen MR) is 99.2 cm³/mol. The fraction of sp³-hybridized carbons (Fsp3) is 0.238. The fourth-order valence-electron chi connectivity index (χ4n) is 3.57. The molecule has 0 N–H and O–H groups in total. The van der Waals surface area contributed by atoms with Crippen LogP contribution in [0, 0.1) is 6.92 Å². The first kappa shape index (κ1) is 15.6. The Labute approximate surface area is 149 Å². The van der Waals surface area contributed by atoms with E-state index in [-0.39, 0.29) is 20.4 Å². The van der Waals surface area contributed by atoms with Crippen LogP contribution in [0.15, 0.2) is 54.9 Å². The van der Waals surface area contributed by atoms with Gasteiger partial charge in [0.05, 0.1) is 0 Å². The maximum absolute atomic E-state index is 4.72. The molecule has 0 fully saturated rings. The van der Waals surface area contributed by atoms with Gasteiger partial charge in [-0.3, -0.25) is 0 Å². The van der Waals surface area contributed by atoms with Crippen molar-refractivity contribution < 1.29 is 4.57 Å². The molecule has 24 heavy (non-hydrogen) atoms. The third-order valence-corrected chi connectivity index (χ3v) is 7.40. The van der Waals surface area contributed by atoms with E-state index in [2.05, 4.69) is 81.0 Å². The van der Waals surface area contributed by atoms with Crippen molar-refractivity contribution in [3.05, 3.63) is 71.5 Å². The molecule has 4 rings (SSSR count). The Balaban J connectivity index is 2.03. The van der Waals surface area contributed by atoms with E-state index < -0.39 is 0 Å². The summed E-state index contributed by atoms with van der Waals surface area (Å²) >= 11 is 0.228. The maximum atomic E-state index is 4.72. The van der Waals surface area contributed by atoms with Crippen molar-refractivity contribution in [1.29, 1.82) is 0 Å². The predicted octanol–water partition coefficient (Wildman–Crippen LogP) is 2.18. The molecule has 0 atom stereocenters. The summed E-state index contributed by atoms with van der Waals surface area (Å²) in [6, 6.07) is 15.3. The third-order valence-electron chi connectivity index (χ3n) is 4.99. The zero-order chi connectivity index (χ0) is 16.9. The summed E-state index contributed by atoms with van der Waals surface area (Å²) in [4.78, 5) is 4.72. The van der Waals surface area contributed by atoms with Crippen LogP contribution in [-0.4, -0.2) is 19.9 Å². The Morgan fingerprint density at radius 1 is 1.00 bits per heavy atom. The minimum absolute atomic E-state index is 0.00523. The molecule has 0 amide bonds. The summed E-state index contributed by atoms with van der Waals surface area (Å²) in [6.45, 7) is 6.87. The van der Waals surface area contributed by atoms with Crippen LogP contribution in [0.1, 0.15) is 30.5 Å². The number of benzene rings is 1. The van der Waals surface area contributed by atoms with E-state index in [0.717, 1.165) is 0 Å². The van der Waals surface area contributed by atoms with Gasteiger partial charge in [-0.05, 0) is 0 Å². The van der Waals surface area contributed by atoms with Gasteiger partial charge >= 0.3 is 150 Å². The first-order valence-corrected chi connectivity index (χ1v) is 9.94. The molecule has 2 aromatic heterocycles. The summed E-state index contributed by atoms with van der Waals surface area (Å²) < 4.78 is 4.98. The Bertz CT molecular complexity index is 944. The topological polar surface area (TPSA) is 16.8 Å². The van der Waals surface area contributed by atoms with Gasteiger partial charge in [0.15, 0.2) is 0 Å². The van der Waals surface area contributed by atoms with Crippen LogP contribution in [0.3, 0.4) is 0 Å². The molecule has 3 aromatic rings. The van der Waals surface area contributed by atoms with Gasteiger partial charge in [-0.25, -0.2) is 0 Å². The fourth-order valence-corrected chi connectivity index (χ4v) is 6.80. The molecule has 3 heterocycles. The van der Waals surface area contributed by atoms with Crippen LogP contribution in [0.4, 0.5) is 0 Å². The van der Waals surface area contributed by atoms with Crippen LogP contribution in [0.25, 0.3) is 11.3 Å². The first-order valence-electron chi connectivity index (χ1n) is 8.22. The molecule has 0 spiro atoms. The van der Waals surface area contributed by atoms with E-state index >= 15 is 0 Å². The summed E-state index contributed by atoms with van der Waals surface area (Å²) in [6.07, 6.45) is 4.06. The number of rotatable bonds is 1. The second-order valence-electron chi connectivity index (χ2n) is 6.91. The second-order valence-corrected chi connectivity index (χ2v) is 9.01. The molecule has 1 aliphatic rings. The van der Waals surface area contributed by atoms with Gasteiger partial charge in [0, 0.05) is 0 Å². The van der Waals surface area contributed by atoms with Gasteiger partial charge < -0.3 is 0 Å². The van der Waals surface area contributed by atoms with Crippen molar-refractivity contribution in [2.24, 2.45) is 7.05 Å². The van der Waals surface area contributed by atoms with Crippen LogP contribution in [0.5, 0.6) is 0 Å². The molecular formula is C21H21N2Se+.